The molecule has 0 aliphatic heterocycles. The van der Waals surface area contributed by atoms with Gasteiger partial charge in [-0.25, -0.2) is 0 Å². The van der Waals surface area contributed by atoms with Gasteiger partial charge in [0.25, 0.3) is 0 Å². The molecule has 20 heavy (non-hydrogen) atoms. The minimum absolute atomic E-state index is 0.296. The van der Waals surface area contributed by atoms with E-state index in [0.717, 1.165) is 5.56 Å². The van der Waals surface area contributed by atoms with Crippen LogP contribution < -0.4 is 11.3 Å². The van der Waals surface area contributed by atoms with Crippen LogP contribution in [0.4, 0.5) is 0 Å². The summed E-state index contributed by atoms with van der Waals surface area (Å²) < 4.78 is 0. The first-order valence-corrected chi connectivity index (χ1v) is 7.24. The molecule has 1 aromatic carbocycles. The molecule has 3 nitrogen and oxygen atoms in total. The number of hydrogen-bond donors (Lipinski definition) is 2. The van der Waals surface area contributed by atoms with Gasteiger partial charge in [0.05, 0.1) is 31.8 Å². The van der Waals surface area contributed by atoms with Gasteiger partial charge in [-0.05, 0) is 24.1 Å². The first kappa shape index (κ1) is 15.8. The molecule has 2 aromatic rings. The lowest BCUT2D eigenvalue weighted by Crippen LogP contribution is -2.30. The fourth-order valence-electron chi connectivity index (χ4n) is 1.84. The van der Waals surface area contributed by atoms with Gasteiger partial charge in [0.2, 0.25) is 0 Å². The van der Waals surface area contributed by atoms with E-state index in [9.17, 15) is 0 Å². The molecule has 0 aliphatic carbocycles. The Balaban J connectivity index is 2.31. The standard InChI is InChI=1S/C13H11Cl4N3/c14-8-5-10(16)13(19-6-8)11(20-18)4-7-2-1-3-9(15)12(7)17/h1-3,5-6,11,20H,4,18H2. The molecule has 0 amide bonds. The molecule has 0 saturated carbocycles. The normalized spacial score (nSPS) is 12.4. The van der Waals surface area contributed by atoms with Crippen LogP contribution in [0.1, 0.15) is 17.3 Å². The summed E-state index contributed by atoms with van der Waals surface area (Å²) in [6.45, 7) is 0. The minimum Gasteiger partial charge on any atom is -0.271 e. The van der Waals surface area contributed by atoms with Crippen LogP contribution in [0.3, 0.4) is 0 Å². The van der Waals surface area contributed by atoms with Crippen molar-refractivity contribution >= 4 is 46.4 Å². The van der Waals surface area contributed by atoms with Crippen molar-refractivity contribution in [1.82, 2.24) is 10.4 Å². The van der Waals surface area contributed by atoms with Gasteiger partial charge in [0.15, 0.2) is 0 Å². The summed E-state index contributed by atoms with van der Waals surface area (Å²) in [5.41, 5.74) is 4.14. The van der Waals surface area contributed by atoms with Gasteiger partial charge < -0.3 is 0 Å². The smallest absolute Gasteiger partial charge is 0.0777 e. The number of pyridine rings is 1. The number of nitrogens with one attached hydrogen (secondary N) is 1. The Labute approximate surface area is 137 Å². The van der Waals surface area contributed by atoms with E-state index in [2.05, 4.69) is 10.4 Å². The second-order valence-electron chi connectivity index (χ2n) is 4.16. The third-order valence-electron chi connectivity index (χ3n) is 2.82. The number of hydrogen-bond acceptors (Lipinski definition) is 3. The number of halogens is 4. The third kappa shape index (κ3) is 3.55. The van der Waals surface area contributed by atoms with E-state index >= 15 is 0 Å². The lowest BCUT2D eigenvalue weighted by atomic mass is 10.0. The molecule has 1 aromatic heterocycles. The van der Waals surface area contributed by atoms with E-state index < -0.39 is 0 Å². The van der Waals surface area contributed by atoms with E-state index in [4.69, 9.17) is 52.2 Å². The maximum absolute atomic E-state index is 6.17. The topological polar surface area (TPSA) is 50.9 Å². The SMILES string of the molecule is NNC(Cc1cccc(Cl)c1Cl)c1ncc(Cl)cc1Cl. The van der Waals surface area contributed by atoms with E-state index in [1.807, 2.05) is 12.1 Å². The molecule has 3 N–H and O–H groups in total. The van der Waals surface area contributed by atoms with Gasteiger partial charge in [0.1, 0.15) is 0 Å². The molecule has 0 spiro atoms. The number of nitrogens with zero attached hydrogens (tertiary/aromatic N) is 1. The van der Waals surface area contributed by atoms with Crippen molar-refractivity contribution in [3.05, 3.63) is 61.8 Å². The summed E-state index contributed by atoms with van der Waals surface area (Å²) in [4.78, 5) is 4.21. The Hall–Kier alpha value is -0.550. The van der Waals surface area contributed by atoms with Crippen molar-refractivity contribution in [3.8, 4) is 0 Å². The average Bonchev–Trinajstić information content (AvgIpc) is 2.41. The zero-order valence-electron chi connectivity index (χ0n) is 10.2. The summed E-state index contributed by atoms with van der Waals surface area (Å²) in [5, 5.41) is 1.91. The van der Waals surface area contributed by atoms with Gasteiger partial charge in [-0.1, -0.05) is 58.5 Å². The van der Waals surface area contributed by atoms with Gasteiger partial charge in [-0.15, -0.1) is 0 Å². The lowest BCUT2D eigenvalue weighted by Gasteiger charge is -2.17. The second kappa shape index (κ2) is 6.94. The van der Waals surface area contributed by atoms with Crippen molar-refractivity contribution in [2.75, 3.05) is 0 Å². The van der Waals surface area contributed by atoms with Crippen LogP contribution in [0.25, 0.3) is 0 Å². The van der Waals surface area contributed by atoms with Crippen LogP contribution >= 0.6 is 46.4 Å². The maximum atomic E-state index is 6.17. The molecule has 7 heteroatoms. The van der Waals surface area contributed by atoms with Gasteiger partial charge in [0, 0.05) is 6.20 Å². The van der Waals surface area contributed by atoms with Crippen molar-refractivity contribution in [2.24, 2.45) is 5.84 Å². The lowest BCUT2D eigenvalue weighted by molar-refractivity contribution is 0.538. The van der Waals surface area contributed by atoms with Crippen LogP contribution in [0.15, 0.2) is 30.5 Å². The Kier molecular flexibility index (Phi) is 5.49. The quantitative estimate of drug-likeness (QED) is 0.633. The second-order valence-corrected chi connectivity index (χ2v) is 5.79. The highest BCUT2D eigenvalue weighted by Crippen LogP contribution is 2.31. The molecule has 1 unspecified atom stereocenters. The largest absolute Gasteiger partial charge is 0.271 e. The summed E-state index contributed by atoms with van der Waals surface area (Å²) in [5.74, 6) is 5.59. The molecular weight excluding hydrogens is 340 g/mol. The van der Waals surface area contributed by atoms with Gasteiger partial charge >= 0.3 is 0 Å². The predicted octanol–water partition coefficient (Wildman–Crippen LogP) is 4.44. The average molecular weight is 351 g/mol. The van der Waals surface area contributed by atoms with E-state index in [1.165, 1.54) is 6.20 Å². The summed E-state index contributed by atoms with van der Waals surface area (Å²) in [7, 11) is 0. The Morgan fingerprint density at radius 1 is 1.15 bits per heavy atom. The zero-order valence-corrected chi connectivity index (χ0v) is 13.2. The molecule has 0 bridgehead atoms. The number of aromatic nitrogens is 1. The highest BCUT2D eigenvalue weighted by molar-refractivity contribution is 6.42. The van der Waals surface area contributed by atoms with Crippen molar-refractivity contribution in [3.63, 3.8) is 0 Å². The van der Waals surface area contributed by atoms with Crippen LogP contribution in [0, 0.1) is 0 Å². The van der Waals surface area contributed by atoms with Gasteiger partial charge in [-0.2, -0.15) is 0 Å². The number of rotatable bonds is 4. The van der Waals surface area contributed by atoms with Crippen LogP contribution in [-0.4, -0.2) is 4.98 Å². The molecule has 1 atom stereocenters. The van der Waals surface area contributed by atoms with Crippen LogP contribution in [-0.2, 0) is 6.42 Å². The summed E-state index contributed by atoms with van der Waals surface area (Å²) >= 11 is 24.1. The molecule has 0 radical (unpaired) electrons. The van der Waals surface area contributed by atoms with E-state index in [-0.39, 0.29) is 6.04 Å². The first-order chi connectivity index (χ1) is 9.52. The molecule has 0 saturated heterocycles. The van der Waals surface area contributed by atoms with Crippen molar-refractivity contribution in [2.45, 2.75) is 12.5 Å². The summed E-state index contributed by atoms with van der Waals surface area (Å²) in [6, 6.07) is 6.76. The molecular formula is C13H11Cl4N3. The van der Waals surface area contributed by atoms with E-state index in [1.54, 1.807) is 12.1 Å². The highest BCUT2D eigenvalue weighted by Gasteiger charge is 2.18. The molecule has 0 aliphatic rings. The Bertz CT molecular complexity index is 619. The fourth-order valence-corrected chi connectivity index (χ4v) is 2.75. The van der Waals surface area contributed by atoms with Crippen LogP contribution in [0.2, 0.25) is 20.1 Å². The molecule has 1 heterocycles. The minimum atomic E-state index is -0.296. The maximum Gasteiger partial charge on any atom is 0.0777 e. The Morgan fingerprint density at radius 2 is 1.90 bits per heavy atom. The number of hydrazine groups is 1. The number of nitrogens with two attached hydrogens (primary N) is 1. The summed E-state index contributed by atoms with van der Waals surface area (Å²) in [6.07, 6.45) is 2.02. The van der Waals surface area contributed by atoms with E-state index in [0.29, 0.717) is 32.2 Å². The van der Waals surface area contributed by atoms with Gasteiger partial charge in [-0.3, -0.25) is 16.3 Å². The fraction of sp³-hybridized carbons (Fsp3) is 0.154. The predicted molar refractivity (Wildman–Crippen MR) is 84.5 cm³/mol. The monoisotopic (exact) mass is 349 g/mol. The number of benzene rings is 1. The first-order valence-electron chi connectivity index (χ1n) is 5.73. The molecule has 106 valence electrons. The molecule has 0 fully saturated rings. The van der Waals surface area contributed by atoms with Crippen molar-refractivity contribution in [1.29, 1.82) is 0 Å². The molecule has 2 rings (SSSR count). The third-order valence-corrected chi connectivity index (χ3v) is 4.19. The van der Waals surface area contributed by atoms with Crippen LogP contribution in [0.5, 0.6) is 0 Å². The highest BCUT2D eigenvalue weighted by atomic mass is 35.5. The zero-order chi connectivity index (χ0) is 14.7. The Morgan fingerprint density at radius 3 is 2.55 bits per heavy atom. The van der Waals surface area contributed by atoms with Crippen molar-refractivity contribution < 1.29 is 0 Å².